The van der Waals surface area contributed by atoms with Crippen molar-refractivity contribution < 1.29 is 4.79 Å². The number of hydrogen-bond donors (Lipinski definition) is 1. The maximum Gasteiger partial charge on any atom is 0.242 e. The van der Waals surface area contributed by atoms with Crippen LogP contribution in [0.2, 0.25) is 0 Å². The molecule has 1 amide bonds. The van der Waals surface area contributed by atoms with Gasteiger partial charge in [-0.15, -0.1) is 12.4 Å². The molecule has 2 fully saturated rings. The SMILES string of the molecule is CN(CC1CCCCC1)C(=O)C1(N)CCCC1.Cl. The monoisotopic (exact) mass is 274 g/mol. The van der Waals surface area contributed by atoms with Gasteiger partial charge in [0, 0.05) is 13.6 Å². The van der Waals surface area contributed by atoms with Gasteiger partial charge in [0.2, 0.25) is 5.91 Å². The maximum atomic E-state index is 12.3. The lowest BCUT2D eigenvalue weighted by molar-refractivity contribution is -0.136. The van der Waals surface area contributed by atoms with E-state index in [1.165, 1.54) is 32.1 Å². The molecular weight excluding hydrogens is 248 g/mol. The summed E-state index contributed by atoms with van der Waals surface area (Å²) in [5.74, 6) is 0.892. The lowest BCUT2D eigenvalue weighted by Crippen LogP contribution is -2.53. The van der Waals surface area contributed by atoms with E-state index < -0.39 is 5.54 Å². The second kappa shape index (κ2) is 6.76. The number of carbonyl (C=O) groups is 1. The maximum absolute atomic E-state index is 12.3. The molecule has 2 aliphatic carbocycles. The van der Waals surface area contributed by atoms with Crippen LogP contribution in [-0.4, -0.2) is 29.9 Å². The molecule has 0 aromatic rings. The Balaban J connectivity index is 0.00000162. The molecule has 2 rings (SSSR count). The fourth-order valence-electron chi connectivity index (χ4n) is 3.44. The summed E-state index contributed by atoms with van der Waals surface area (Å²) in [6.07, 6.45) is 10.6. The summed E-state index contributed by atoms with van der Waals surface area (Å²) in [5.41, 5.74) is 5.68. The Morgan fingerprint density at radius 3 is 2.28 bits per heavy atom. The van der Waals surface area contributed by atoms with Crippen LogP contribution < -0.4 is 5.73 Å². The van der Waals surface area contributed by atoms with Crippen LogP contribution in [-0.2, 0) is 4.79 Å². The van der Waals surface area contributed by atoms with Gasteiger partial charge in [-0.2, -0.15) is 0 Å². The summed E-state index contributed by atoms with van der Waals surface area (Å²) in [6, 6.07) is 0. The molecule has 18 heavy (non-hydrogen) atoms. The van der Waals surface area contributed by atoms with E-state index in [0.29, 0.717) is 5.92 Å². The summed E-state index contributed by atoms with van der Waals surface area (Å²) in [5, 5.41) is 0. The number of amides is 1. The quantitative estimate of drug-likeness (QED) is 0.860. The highest BCUT2D eigenvalue weighted by Crippen LogP contribution is 2.30. The molecule has 0 atom stereocenters. The smallest absolute Gasteiger partial charge is 0.242 e. The number of rotatable bonds is 3. The van der Waals surface area contributed by atoms with Gasteiger partial charge in [-0.05, 0) is 31.6 Å². The van der Waals surface area contributed by atoms with Crippen molar-refractivity contribution in [1.29, 1.82) is 0 Å². The average Bonchev–Trinajstić information content (AvgIpc) is 2.78. The van der Waals surface area contributed by atoms with E-state index in [1.54, 1.807) is 0 Å². The van der Waals surface area contributed by atoms with Gasteiger partial charge < -0.3 is 10.6 Å². The van der Waals surface area contributed by atoms with Crippen molar-refractivity contribution in [3.63, 3.8) is 0 Å². The lowest BCUT2D eigenvalue weighted by atomic mass is 9.88. The van der Waals surface area contributed by atoms with E-state index in [1.807, 2.05) is 11.9 Å². The summed E-state index contributed by atoms with van der Waals surface area (Å²) in [4.78, 5) is 14.2. The first kappa shape index (κ1) is 15.8. The van der Waals surface area contributed by atoms with Crippen molar-refractivity contribution in [3.8, 4) is 0 Å². The third-order valence-corrected chi connectivity index (χ3v) is 4.53. The zero-order chi connectivity index (χ0) is 12.3. The zero-order valence-corrected chi connectivity index (χ0v) is 12.3. The van der Waals surface area contributed by atoms with Crippen molar-refractivity contribution in [1.82, 2.24) is 4.90 Å². The highest BCUT2D eigenvalue weighted by Gasteiger charge is 2.39. The largest absolute Gasteiger partial charge is 0.344 e. The molecule has 0 spiro atoms. The van der Waals surface area contributed by atoms with Gasteiger partial charge in [-0.25, -0.2) is 0 Å². The topological polar surface area (TPSA) is 46.3 Å². The molecule has 2 aliphatic rings. The number of hydrogen-bond acceptors (Lipinski definition) is 2. The normalized spacial score (nSPS) is 23.4. The van der Waals surface area contributed by atoms with E-state index in [9.17, 15) is 4.79 Å². The molecule has 0 heterocycles. The Morgan fingerprint density at radius 2 is 1.72 bits per heavy atom. The molecule has 2 saturated carbocycles. The van der Waals surface area contributed by atoms with Crippen LogP contribution in [0.3, 0.4) is 0 Å². The van der Waals surface area contributed by atoms with Crippen molar-refractivity contribution in [2.75, 3.05) is 13.6 Å². The minimum absolute atomic E-state index is 0. The van der Waals surface area contributed by atoms with E-state index in [4.69, 9.17) is 5.73 Å². The minimum Gasteiger partial charge on any atom is -0.344 e. The molecule has 0 aromatic carbocycles. The lowest BCUT2D eigenvalue weighted by Gasteiger charge is -2.32. The highest BCUT2D eigenvalue weighted by atomic mass is 35.5. The standard InChI is InChI=1S/C14H26N2O.ClH/c1-16(11-12-7-3-2-4-8-12)13(17)14(15)9-5-6-10-14;/h12H,2-11,15H2,1H3;1H. The molecule has 106 valence electrons. The molecule has 0 bridgehead atoms. The number of nitrogens with two attached hydrogens (primary N) is 1. The Bertz CT molecular complexity index is 271. The molecule has 0 saturated heterocycles. The third-order valence-electron chi connectivity index (χ3n) is 4.53. The van der Waals surface area contributed by atoms with E-state index in [0.717, 1.165) is 32.2 Å². The van der Waals surface area contributed by atoms with Crippen LogP contribution in [0.25, 0.3) is 0 Å². The molecular formula is C14H27ClN2O. The predicted molar refractivity (Wildman–Crippen MR) is 76.8 cm³/mol. The van der Waals surface area contributed by atoms with Gasteiger partial charge >= 0.3 is 0 Å². The number of carbonyl (C=O) groups excluding carboxylic acids is 1. The summed E-state index contributed by atoms with van der Waals surface area (Å²) in [6.45, 7) is 0.914. The van der Waals surface area contributed by atoms with E-state index >= 15 is 0 Å². The van der Waals surface area contributed by atoms with Crippen molar-refractivity contribution in [2.45, 2.75) is 63.3 Å². The second-order valence-corrected chi connectivity index (χ2v) is 6.05. The van der Waals surface area contributed by atoms with Gasteiger partial charge in [0.1, 0.15) is 0 Å². The van der Waals surface area contributed by atoms with Crippen LogP contribution in [0.1, 0.15) is 57.8 Å². The van der Waals surface area contributed by atoms with Crippen LogP contribution in [0.4, 0.5) is 0 Å². The van der Waals surface area contributed by atoms with Crippen LogP contribution >= 0.6 is 12.4 Å². The average molecular weight is 275 g/mol. The van der Waals surface area contributed by atoms with Gasteiger partial charge in [-0.1, -0.05) is 32.1 Å². The second-order valence-electron chi connectivity index (χ2n) is 6.05. The molecule has 2 N–H and O–H groups in total. The first-order valence-corrected chi connectivity index (χ1v) is 7.16. The summed E-state index contributed by atoms with van der Waals surface area (Å²) < 4.78 is 0. The van der Waals surface area contributed by atoms with Gasteiger partial charge in [0.05, 0.1) is 5.54 Å². The fraction of sp³-hybridized carbons (Fsp3) is 0.929. The molecule has 4 heteroatoms. The van der Waals surface area contributed by atoms with Gasteiger partial charge in [0.15, 0.2) is 0 Å². The first-order valence-electron chi connectivity index (χ1n) is 7.16. The van der Waals surface area contributed by atoms with E-state index in [2.05, 4.69) is 0 Å². The Hall–Kier alpha value is -0.280. The molecule has 0 unspecified atom stereocenters. The molecule has 3 nitrogen and oxygen atoms in total. The Labute approximate surface area is 117 Å². The Kier molecular flexibility index (Phi) is 5.93. The molecule has 0 aromatic heterocycles. The van der Waals surface area contributed by atoms with E-state index in [-0.39, 0.29) is 18.3 Å². The van der Waals surface area contributed by atoms with Crippen LogP contribution in [0, 0.1) is 5.92 Å². The van der Waals surface area contributed by atoms with Gasteiger partial charge in [0.25, 0.3) is 0 Å². The fourth-order valence-corrected chi connectivity index (χ4v) is 3.44. The molecule has 0 radical (unpaired) electrons. The van der Waals surface area contributed by atoms with Crippen LogP contribution in [0.15, 0.2) is 0 Å². The Morgan fingerprint density at radius 1 is 1.17 bits per heavy atom. The zero-order valence-electron chi connectivity index (χ0n) is 11.5. The van der Waals surface area contributed by atoms with Crippen molar-refractivity contribution in [2.24, 2.45) is 11.7 Å². The highest BCUT2D eigenvalue weighted by molar-refractivity contribution is 5.86. The van der Waals surface area contributed by atoms with Crippen molar-refractivity contribution in [3.05, 3.63) is 0 Å². The molecule has 0 aliphatic heterocycles. The summed E-state index contributed by atoms with van der Waals surface area (Å²) >= 11 is 0. The van der Waals surface area contributed by atoms with Crippen molar-refractivity contribution >= 4 is 18.3 Å². The minimum atomic E-state index is -0.538. The number of nitrogens with zero attached hydrogens (tertiary/aromatic N) is 1. The first-order chi connectivity index (χ1) is 8.12. The van der Waals surface area contributed by atoms with Gasteiger partial charge in [-0.3, -0.25) is 4.79 Å². The number of likely N-dealkylation sites (N-methyl/N-ethyl adjacent to an activating group) is 1. The number of halogens is 1. The summed E-state index contributed by atoms with van der Waals surface area (Å²) in [7, 11) is 1.93. The predicted octanol–water partition coefficient (Wildman–Crippen LogP) is 2.72. The third kappa shape index (κ3) is 3.61. The van der Waals surface area contributed by atoms with Crippen LogP contribution in [0.5, 0.6) is 0 Å².